The number of thioether (sulfide) groups is 1. The van der Waals surface area contributed by atoms with Crippen molar-refractivity contribution in [2.75, 3.05) is 5.32 Å². The van der Waals surface area contributed by atoms with E-state index in [9.17, 15) is 13.6 Å². The quantitative estimate of drug-likeness (QED) is 0.657. The van der Waals surface area contributed by atoms with Gasteiger partial charge < -0.3 is 0 Å². The zero-order valence-electron chi connectivity index (χ0n) is 13.1. The average Bonchev–Trinajstić information content (AvgIpc) is 2.94. The Hall–Kier alpha value is -2.32. The predicted octanol–water partition coefficient (Wildman–Crippen LogP) is 4.67. The van der Waals surface area contributed by atoms with Crippen LogP contribution in [-0.4, -0.2) is 15.9 Å². The normalized spacial score (nSPS) is 10.7. The third-order valence-electron chi connectivity index (χ3n) is 3.28. The van der Waals surface area contributed by atoms with Crippen molar-refractivity contribution in [3.05, 3.63) is 71.2 Å². The predicted molar refractivity (Wildman–Crippen MR) is 95.0 cm³/mol. The first-order valence-corrected chi connectivity index (χ1v) is 9.10. The Balaban J connectivity index is 1.69. The topological polar surface area (TPSA) is 54.9 Å². The summed E-state index contributed by atoms with van der Waals surface area (Å²) < 4.78 is 28.2. The number of hydrogen-bond donors (Lipinski definition) is 1. The maximum Gasteiger partial charge on any atom is 0.276 e. The largest absolute Gasteiger partial charge is 0.296 e. The van der Waals surface area contributed by atoms with E-state index in [2.05, 4.69) is 15.3 Å². The average molecular weight is 377 g/mol. The highest BCUT2D eigenvalue weighted by atomic mass is 32.2. The molecule has 0 atom stereocenters. The van der Waals surface area contributed by atoms with E-state index in [4.69, 9.17) is 0 Å². The van der Waals surface area contributed by atoms with Crippen LogP contribution in [0.25, 0.3) is 0 Å². The van der Waals surface area contributed by atoms with Gasteiger partial charge in [-0.1, -0.05) is 23.5 Å². The van der Waals surface area contributed by atoms with E-state index in [-0.39, 0.29) is 22.9 Å². The van der Waals surface area contributed by atoms with E-state index in [1.807, 2.05) is 0 Å². The maximum atomic E-state index is 13.7. The van der Waals surface area contributed by atoms with Crippen molar-refractivity contribution in [1.82, 2.24) is 9.97 Å². The molecule has 4 nitrogen and oxygen atoms in total. The van der Waals surface area contributed by atoms with Gasteiger partial charge in [-0.25, -0.2) is 13.8 Å². The first-order valence-electron chi connectivity index (χ1n) is 7.30. The van der Waals surface area contributed by atoms with E-state index in [0.717, 1.165) is 4.21 Å². The zero-order chi connectivity index (χ0) is 17.8. The molecule has 0 aliphatic heterocycles. The van der Waals surface area contributed by atoms with Crippen LogP contribution in [0, 0.1) is 18.6 Å². The Morgan fingerprint density at radius 2 is 1.96 bits per heavy atom. The molecule has 0 saturated heterocycles. The third-order valence-corrected chi connectivity index (χ3v) is 5.74. The van der Waals surface area contributed by atoms with E-state index in [1.54, 1.807) is 25.1 Å². The number of halogens is 2. The molecule has 8 heteroatoms. The summed E-state index contributed by atoms with van der Waals surface area (Å²) in [6, 6.07) is 8.85. The van der Waals surface area contributed by atoms with Crippen LogP contribution >= 0.6 is 23.1 Å². The SMILES string of the molecule is Cc1nc(NC(=O)c2ccccn2)sc1SCc1c(F)cccc1F. The summed E-state index contributed by atoms with van der Waals surface area (Å²) in [5, 5.41) is 3.11. The lowest BCUT2D eigenvalue weighted by molar-refractivity contribution is 0.102. The van der Waals surface area contributed by atoms with Gasteiger partial charge in [0.15, 0.2) is 5.13 Å². The highest BCUT2D eigenvalue weighted by Crippen LogP contribution is 2.35. The number of aryl methyl sites for hydroxylation is 1. The van der Waals surface area contributed by atoms with E-state index >= 15 is 0 Å². The summed E-state index contributed by atoms with van der Waals surface area (Å²) >= 11 is 2.54. The van der Waals surface area contributed by atoms with Crippen molar-refractivity contribution in [2.45, 2.75) is 16.9 Å². The summed E-state index contributed by atoms with van der Waals surface area (Å²) in [5.74, 6) is -1.35. The van der Waals surface area contributed by atoms with Crippen molar-refractivity contribution < 1.29 is 13.6 Å². The molecular weight excluding hydrogens is 364 g/mol. The number of anilines is 1. The fraction of sp³-hybridized carbons (Fsp3) is 0.118. The van der Waals surface area contributed by atoms with E-state index in [0.29, 0.717) is 10.8 Å². The number of carbonyl (C=O) groups excluding carboxylic acids is 1. The molecule has 2 heterocycles. The van der Waals surface area contributed by atoms with Gasteiger partial charge in [0.2, 0.25) is 0 Å². The monoisotopic (exact) mass is 377 g/mol. The molecule has 0 spiro atoms. The number of amides is 1. The summed E-state index contributed by atoms with van der Waals surface area (Å²) in [5.41, 5.74) is 1.01. The third kappa shape index (κ3) is 4.21. The number of aromatic nitrogens is 2. The lowest BCUT2D eigenvalue weighted by Gasteiger charge is -2.03. The number of hydrogen-bond acceptors (Lipinski definition) is 5. The van der Waals surface area contributed by atoms with Crippen molar-refractivity contribution in [2.24, 2.45) is 0 Å². The Kier molecular flexibility index (Phi) is 5.40. The van der Waals surface area contributed by atoms with Crippen LogP contribution in [0.15, 0.2) is 46.8 Å². The van der Waals surface area contributed by atoms with Crippen molar-refractivity contribution in [3.8, 4) is 0 Å². The lowest BCUT2D eigenvalue weighted by atomic mass is 10.2. The van der Waals surface area contributed by atoms with Gasteiger partial charge in [-0.3, -0.25) is 15.1 Å². The molecule has 0 radical (unpaired) electrons. The van der Waals surface area contributed by atoms with Gasteiger partial charge in [0.05, 0.1) is 9.90 Å². The van der Waals surface area contributed by atoms with Crippen molar-refractivity contribution in [3.63, 3.8) is 0 Å². The van der Waals surface area contributed by atoms with Crippen molar-refractivity contribution >= 4 is 34.1 Å². The molecule has 0 aliphatic carbocycles. The summed E-state index contributed by atoms with van der Waals surface area (Å²) in [4.78, 5) is 20.3. The van der Waals surface area contributed by atoms with Crippen LogP contribution in [0.3, 0.4) is 0 Å². The zero-order valence-corrected chi connectivity index (χ0v) is 14.8. The molecule has 0 fully saturated rings. The smallest absolute Gasteiger partial charge is 0.276 e. The minimum atomic E-state index is -0.571. The van der Waals surface area contributed by atoms with Gasteiger partial charge >= 0.3 is 0 Å². The molecule has 2 aromatic heterocycles. The Labute approximate surface area is 151 Å². The minimum absolute atomic E-state index is 0.0272. The van der Waals surface area contributed by atoms with E-state index < -0.39 is 11.6 Å². The summed E-state index contributed by atoms with van der Waals surface area (Å²) in [6.07, 6.45) is 1.53. The number of nitrogens with one attached hydrogen (secondary N) is 1. The van der Waals surface area contributed by atoms with Gasteiger partial charge in [0, 0.05) is 17.5 Å². The molecule has 3 aromatic rings. The molecule has 0 bridgehead atoms. The summed E-state index contributed by atoms with van der Waals surface area (Å²) in [7, 11) is 0. The molecule has 1 amide bonds. The van der Waals surface area contributed by atoms with Crippen molar-refractivity contribution in [1.29, 1.82) is 0 Å². The second-order valence-electron chi connectivity index (χ2n) is 5.05. The number of rotatable bonds is 5. The fourth-order valence-electron chi connectivity index (χ4n) is 2.04. The van der Waals surface area contributed by atoms with Crippen LogP contribution in [0.2, 0.25) is 0 Å². The summed E-state index contributed by atoms with van der Waals surface area (Å²) in [6.45, 7) is 1.78. The fourth-order valence-corrected chi connectivity index (χ4v) is 4.19. The second-order valence-corrected chi connectivity index (χ2v) is 7.29. The molecule has 128 valence electrons. The van der Waals surface area contributed by atoms with E-state index in [1.165, 1.54) is 47.5 Å². The Bertz CT molecular complexity index is 880. The van der Waals surface area contributed by atoms with Gasteiger partial charge in [-0.05, 0) is 31.2 Å². The van der Waals surface area contributed by atoms with Crippen LogP contribution in [0.4, 0.5) is 13.9 Å². The van der Waals surface area contributed by atoms with Crippen LogP contribution in [-0.2, 0) is 5.75 Å². The molecule has 0 saturated carbocycles. The number of pyridine rings is 1. The van der Waals surface area contributed by atoms with Crippen LogP contribution < -0.4 is 5.32 Å². The molecule has 3 rings (SSSR count). The highest BCUT2D eigenvalue weighted by molar-refractivity contribution is 8.00. The standard InChI is InChI=1S/C17H13F2N3OS2/c1-10-16(24-9-11-12(18)5-4-6-13(11)19)25-17(21-10)22-15(23)14-7-2-3-8-20-14/h2-8H,9H2,1H3,(H,21,22,23). The minimum Gasteiger partial charge on any atom is -0.296 e. The highest BCUT2D eigenvalue weighted by Gasteiger charge is 2.15. The lowest BCUT2D eigenvalue weighted by Crippen LogP contribution is -2.13. The van der Waals surface area contributed by atoms with Gasteiger partial charge in [0.1, 0.15) is 17.3 Å². The first-order chi connectivity index (χ1) is 12.0. The van der Waals surface area contributed by atoms with Crippen LogP contribution in [0.1, 0.15) is 21.7 Å². The molecule has 0 unspecified atom stereocenters. The van der Waals surface area contributed by atoms with Gasteiger partial charge in [-0.2, -0.15) is 0 Å². The number of benzene rings is 1. The molecule has 1 aromatic carbocycles. The number of thiazole rings is 1. The molecule has 0 aliphatic rings. The first kappa shape index (κ1) is 17.5. The molecule has 25 heavy (non-hydrogen) atoms. The second kappa shape index (κ2) is 7.71. The number of nitrogens with zero attached hydrogens (tertiary/aromatic N) is 2. The van der Waals surface area contributed by atoms with Gasteiger partial charge in [-0.15, -0.1) is 11.8 Å². The Morgan fingerprint density at radius 1 is 1.20 bits per heavy atom. The molecular formula is C17H13F2N3OS2. The molecule has 1 N–H and O–H groups in total. The maximum absolute atomic E-state index is 13.7. The number of carbonyl (C=O) groups is 1. The Morgan fingerprint density at radius 3 is 2.64 bits per heavy atom. The van der Waals surface area contributed by atoms with Crippen LogP contribution in [0.5, 0.6) is 0 Å². The van der Waals surface area contributed by atoms with Gasteiger partial charge in [0.25, 0.3) is 5.91 Å².